The van der Waals surface area contributed by atoms with E-state index < -0.39 is 6.10 Å². The van der Waals surface area contributed by atoms with Gasteiger partial charge in [-0.05, 0) is 37.4 Å². The number of carbonyl (C=O) groups excluding carboxylic acids is 1. The van der Waals surface area contributed by atoms with E-state index in [-0.39, 0.29) is 12.5 Å². The molecule has 7 nitrogen and oxygen atoms in total. The van der Waals surface area contributed by atoms with Crippen molar-refractivity contribution in [2.75, 3.05) is 13.7 Å². The van der Waals surface area contributed by atoms with Crippen molar-refractivity contribution in [3.63, 3.8) is 0 Å². The van der Waals surface area contributed by atoms with Gasteiger partial charge < -0.3 is 18.9 Å². The maximum Gasteiger partial charge on any atom is 0.263 e. The molecule has 0 radical (unpaired) electrons. The fourth-order valence-electron chi connectivity index (χ4n) is 2.52. The normalized spacial score (nSPS) is 11.8. The minimum Gasteiger partial charge on any atom is -0.497 e. The molecule has 1 aromatic carbocycles. The largest absolute Gasteiger partial charge is 0.497 e. The van der Waals surface area contributed by atoms with Crippen LogP contribution in [-0.4, -0.2) is 40.7 Å². The Labute approximate surface area is 161 Å². The van der Waals surface area contributed by atoms with E-state index in [1.165, 1.54) is 11.3 Å². The molecule has 1 amide bonds. The van der Waals surface area contributed by atoms with Gasteiger partial charge in [-0.1, -0.05) is 17.3 Å². The molecule has 2 aromatic heterocycles. The number of hydrogen-bond acceptors (Lipinski definition) is 7. The molecule has 3 rings (SSSR count). The zero-order valence-electron chi connectivity index (χ0n) is 15.4. The summed E-state index contributed by atoms with van der Waals surface area (Å²) in [5, 5.41) is 5.93. The van der Waals surface area contributed by atoms with E-state index in [1.54, 1.807) is 31.1 Å². The zero-order valence-corrected chi connectivity index (χ0v) is 16.2. The van der Waals surface area contributed by atoms with Gasteiger partial charge in [0.1, 0.15) is 18.0 Å². The van der Waals surface area contributed by atoms with Gasteiger partial charge in [0.15, 0.2) is 6.10 Å². The molecule has 0 saturated heterocycles. The lowest BCUT2D eigenvalue weighted by atomic mass is 10.3. The lowest BCUT2D eigenvalue weighted by molar-refractivity contribution is -0.138. The number of hydrogen-bond donors (Lipinski definition) is 0. The molecular formula is C19H21N3O4S. The van der Waals surface area contributed by atoms with E-state index >= 15 is 0 Å². The van der Waals surface area contributed by atoms with E-state index in [1.807, 2.05) is 36.6 Å². The number of rotatable bonds is 8. The molecule has 3 aromatic rings. The Balaban J connectivity index is 1.64. The van der Waals surface area contributed by atoms with Gasteiger partial charge in [-0.25, -0.2) is 0 Å². The molecule has 27 heavy (non-hydrogen) atoms. The van der Waals surface area contributed by atoms with Crippen molar-refractivity contribution in [3.8, 4) is 22.2 Å². The maximum atomic E-state index is 12.8. The first-order valence-electron chi connectivity index (χ1n) is 8.56. The van der Waals surface area contributed by atoms with Crippen molar-refractivity contribution in [3.05, 3.63) is 47.7 Å². The van der Waals surface area contributed by atoms with Crippen LogP contribution in [0.1, 0.15) is 19.7 Å². The van der Waals surface area contributed by atoms with Gasteiger partial charge in [-0.3, -0.25) is 4.79 Å². The smallest absolute Gasteiger partial charge is 0.263 e. The number of ether oxygens (including phenoxy) is 2. The van der Waals surface area contributed by atoms with Crippen LogP contribution in [0.5, 0.6) is 11.5 Å². The molecule has 0 aliphatic heterocycles. The predicted molar refractivity (Wildman–Crippen MR) is 102 cm³/mol. The Hall–Kier alpha value is -2.87. The average Bonchev–Trinajstić information content (AvgIpc) is 3.37. The molecule has 0 fully saturated rings. The second-order valence-corrected chi connectivity index (χ2v) is 6.73. The summed E-state index contributed by atoms with van der Waals surface area (Å²) in [5.74, 6) is 2.01. The molecule has 8 heteroatoms. The summed E-state index contributed by atoms with van der Waals surface area (Å²) in [4.78, 5) is 19.7. The second-order valence-electron chi connectivity index (χ2n) is 5.78. The highest BCUT2D eigenvalue weighted by molar-refractivity contribution is 7.13. The van der Waals surface area contributed by atoms with Crippen molar-refractivity contribution >= 4 is 17.2 Å². The average molecular weight is 387 g/mol. The molecule has 0 N–H and O–H groups in total. The number of amides is 1. The first kappa shape index (κ1) is 18.9. The van der Waals surface area contributed by atoms with Crippen molar-refractivity contribution in [2.24, 2.45) is 0 Å². The van der Waals surface area contributed by atoms with E-state index in [2.05, 4.69) is 10.1 Å². The zero-order chi connectivity index (χ0) is 19.2. The Morgan fingerprint density at radius 2 is 2.11 bits per heavy atom. The number of methoxy groups -OCH3 is 1. The van der Waals surface area contributed by atoms with Crippen LogP contribution in [0.15, 0.2) is 46.3 Å². The predicted octanol–water partition coefficient (Wildman–Crippen LogP) is 3.62. The lowest BCUT2D eigenvalue weighted by Crippen LogP contribution is -2.40. The Morgan fingerprint density at radius 3 is 2.81 bits per heavy atom. The summed E-state index contributed by atoms with van der Waals surface area (Å²) in [6.07, 6.45) is -0.656. The van der Waals surface area contributed by atoms with Crippen molar-refractivity contribution in [1.82, 2.24) is 15.0 Å². The molecular weight excluding hydrogens is 366 g/mol. The van der Waals surface area contributed by atoms with Crippen molar-refractivity contribution < 1.29 is 18.8 Å². The SMILES string of the molecule is CCN(Cc1nc(-c2cccs2)no1)C(=O)C(C)Oc1cccc(OC)c1. The van der Waals surface area contributed by atoms with Crippen LogP contribution in [0.2, 0.25) is 0 Å². The molecule has 1 atom stereocenters. The number of benzene rings is 1. The number of thiophene rings is 1. The summed E-state index contributed by atoms with van der Waals surface area (Å²) >= 11 is 1.53. The second kappa shape index (κ2) is 8.68. The van der Waals surface area contributed by atoms with Crippen LogP contribution in [-0.2, 0) is 11.3 Å². The number of carbonyl (C=O) groups is 1. The molecule has 0 aliphatic carbocycles. The standard InChI is InChI=1S/C19H21N3O4S/c1-4-22(12-17-20-18(21-26-17)16-9-6-10-27-16)19(23)13(2)25-15-8-5-7-14(11-15)24-3/h5-11,13H,4,12H2,1-3H3. The molecule has 0 saturated carbocycles. The monoisotopic (exact) mass is 387 g/mol. The summed E-state index contributed by atoms with van der Waals surface area (Å²) in [5.41, 5.74) is 0. The third kappa shape index (κ3) is 4.65. The van der Waals surface area contributed by atoms with Gasteiger partial charge in [0, 0.05) is 12.6 Å². The van der Waals surface area contributed by atoms with Crippen LogP contribution < -0.4 is 9.47 Å². The van der Waals surface area contributed by atoms with Crippen molar-refractivity contribution in [1.29, 1.82) is 0 Å². The Bertz CT molecular complexity index is 879. The van der Waals surface area contributed by atoms with Crippen LogP contribution in [0, 0.1) is 0 Å². The van der Waals surface area contributed by atoms with Gasteiger partial charge in [0.25, 0.3) is 5.91 Å². The molecule has 1 unspecified atom stereocenters. The maximum absolute atomic E-state index is 12.8. The summed E-state index contributed by atoms with van der Waals surface area (Å²) in [6, 6.07) is 11.0. The topological polar surface area (TPSA) is 77.7 Å². The third-order valence-corrected chi connectivity index (χ3v) is 4.80. The fourth-order valence-corrected chi connectivity index (χ4v) is 3.17. The first-order chi connectivity index (χ1) is 13.1. The van der Waals surface area contributed by atoms with Crippen LogP contribution >= 0.6 is 11.3 Å². The Kier molecular flexibility index (Phi) is 6.08. The van der Waals surface area contributed by atoms with Gasteiger partial charge in [-0.15, -0.1) is 11.3 Å². The molecule has 142 valence electrons. The molecule has 2 heterocycles. The molecule has 0 bridgehead atoms. The number of likely N-dealkylation sites (N-methyl/N-ethyl adjacent to an activating group) is 1. The highest BCUT2D eigenvalue weighted by Crippen LogP contribution is 2.22. The highest BCUT2D eigenvalue weighted by atomic mass is 32.1. The van der Waals surface area contributed by atoms with Gasteiger partial charge in [0.05, 0.1) is 12.0 Å². The summed E-state index contributed by atoms with van der Waals surface area (Å²) in [6.45, 7) is 4.35. The van der Waals surface area contributed by atoms with Gasteiger partial charge in [-0.2, -0.15) is 4.98 Å². The first-order valence-corrected chi connectivity index (χ1v) is 9.44. The highest BCUT2D eigenvalue weighted by Gasteiger charge is 2.23. The number of aromatic nitrogens is 2. The quantitative estimate of drug-likeness (QED) is 0.587. The minimum atomic E-state index is -0.656. The van der Waals surface area contributed by atoms with Gasteiger partial charge in [0.2, 0.25) is 11.7 Å². The number of nitrogens with zero attached hydrogens (tertiary/aromatic N) is 3. The van der Waals surface area contributed by atoms with Crippen molar-refractivity contribution in [2.45, 2.75) is 26.5 Å². The van der Waals surface area contributed by atoms with Crippen LogP contribution in [0.3, 0.4) is 0 Å². The van der Waals surface area contributed by atoms with E-state index in [9.17, 15) is 4.79 Å². The van der Waals surface area contributed by atoms with Crippen LogP contribution in [0.4, 0.5) is 0 Å². The summed E-state index contributed by atoms with van der Waals surface area (Å²) in [7, 11) is 1.58. The third-order valence-electron chi connectivity index (χ3n) is 3.93. The van der Waals surface area contributed by atoms with E-state index in [4.69, 9.17) is 14.0 Å². The fraction of sp³-hybridized carbons (Fsp3) is 0.316. The summed E-state index contributed by atoms with van der Waals surface area (Å²) < 4.78 is 16.2. The van der Waals surface area contributed by atoms with E-state index in [0.29, 0.717) is 29.8 Å². The molecule has 0 aliphatic rings. The minimum absolute atomic E-state index is 0.156. The van der Waals surface area contributed by atoms with Gasteiger partial charge >= 0.3 is 0 Å². The molecule has 0 spiro atoms. The van der Waals surface area contributed by atoms with E-state index in [0.717, 1.165) is 4.88 Å². The van der Waals surface area contributed by atoms with Crippen LogP contribution in [0.25, 0.3) is 10.7 Å². The Morgan fingerprint density at radius 1 is 1.30 bits per heavy atom. The lowest BCUT2D eigenvalue weighted by Gasteiger charge is -2.23.